The molecule has 0 N–H and O–H groups in total. The molecule has 0 atom stereocenters. The highest BCUT2D eigenvalue weighted by atomic mass is 16.5. The van der Waals surface area contributed by atoms with Crippen LogP contribution in [0.25, 0.3) is 0 Å². The van der Waals surface area contributed by atoms with Crippen molar-refractivity contribution in [1.82, 2.24) is 0 Å². The van der Waals surface area contributed by atoms with E-state index in [1.54, 1.807) is 0 Å². The maximum Gasteiger partial charge on any atom is 0.309 e. The summed E-state index contributed by atoms with van der Waals surface area (Å²) < 4.78 is 4.61. The molecule has 0 aliphatic heterocycles. The fraction of sp³-hybridized carbons (Fsp3) is 0.750. The lowest BCUT2D eigenvalue weighted by molar-refractivity contribution is -0.146. The van der Waals surface area contributed by atoms with E-state index in [0.717, 1.165) is 25.7 Å². The van der Waals surface area contributed by atoms with Crippen LogP contribution in [0.1, 0.15) is 25.7 Å². The van der Waals surface area contributed by atoms with Crippen molar-refractivity contribution in [3.05, 3.63) is 0 Å². The third-order valence-electron chi connectivity index (χ3n) is 1.96. The first-order chi connectivity index (χ1) is 5.34. The first kappa shape index (κ1) is 8.24. The fourth-order valence-electron chi connectivity index (χ4n) is 1.38. The van der Waals surface area contributed by atoms with Crippen LogP contribution in [0.15, 0.2) is 0 Å². The second-order valence-electron chi connectivity index (χ2n) is 2.73. The number of rotatable bonds is 3. The Morgan fingerprint density at radius 1 is 1.45 bits per heavy atom. The van der Waals surface area contributed by atoms with Crippen LogP contribution >= 0.6 is 0 Å². The first-order valence-electron chi connectivity index (χ1n) is 3.86. The van der Waals surface area contributed by atoms with E-state index in [0.29, 0.717) is 0 Å². The number of carbonyl (C=O) groups is 1. The number of carbonyl (C=O) groups excluding carboxylic acids is 2. The van der Waals surface area contributed by atoms with Crippen LogP contribution in [0.2, 0.25) is 0 Å². The summed E-state index contributed by atoms with van der Waals surface area (Å²) in [5, 5.41) is 0. The van der Waals surface area contributed by atoms with E-state index < -0.39 is 0 Å². The minimum absolute atomic E-state index is 0.0448. The van der Waals surface area contributed by atoms with Crippen LogP contribution in [0.4, 0.5) is 0 Å². The van der Waals surface area contributed by atoms with Crippen molar-refractivity contribution in [3.63, 3.8) is 0 Å². The maximum absolute atomic E-state index is 11.0. The van der Waals surface area contributed by atoms with E-state index in [1.165, 1.54) is 6.29 Å². The average molecular weight is 155 g/mol. The molecule has 1 aliphatic rings. The number of ether oxygens (including phenoxy) is 1. The highest BCUT2D eigenvalue weighted by molar-refractivity contribution is 5.74. The molecule has 11 heavy (non-hydrogen) atoms. The first-order valence-corrected chi connectivity index (χ1v) is 3.86. The largest absolute Gasteiger partial charge is 0.457 e. The molecule has 1 rings (SSSR count). The van der Waals surface area contributed by atoms with Gasteiger partial charge in [0, 0.05) is 0 Å². The summed E-state index contributed by atoms with van der Waals surface area (Å²) in [6, 6.07) is 0. The molecule has 1 aliphatic carbocycles. The van der Waals surface area contributed by atoms with Gasteiger partial charge in [0.2, 0.25) is 6.29 Å². The Hall–Kier alpha value is -0.860. The SMILES string of the molecule is O=[C]COC(=O)C1CCCC1. The fourth-order valence-corrected chi connectivity index (χ4v) is 1.38. The lowest BCUT2D eigenvalue weighted by Gasteiger charge is -2.05. The lowest BCUT2D eigenvalue weighted by Crippen LogP contribution is -2.15. The van der Waals surface area contributed by atoms with Gasteiger partial charge in [0.15, 0.2) is 6.61 Å². The minimum atomic E-state index is -0.231. The van der Waals surface area contributed by atoms with E-state index in [1.807, 2.05) is 0 Å². The summed E-state index contributed by atoms with van der Waals surface area (Å²) in [4.78, 5) is 20.7. The molecular formula is C8H11O3. The van der Waals surface area contributed by atoms with Crippen molar-refractivity contribution in [2.45, 2.75) is 25.7 Å². The number of esters is 1. The van der Waals surface area contributed by atoms with Crippen LogP contribution in [0.3, 0.4) is 0 Å². The van der Waals surface area contributed by atoms with Crippen LogP contribution in [-0.4, -0.2) is 18.9 Å². The molecule has 1 fully saturated rings. The molecule has 0 bridgehead atoms. The van der Waals surface area contributed by atoms with E-state index >= 15 is 0 Å². The summed E-state index contributed by atoms with van der Waals surface area (Å²) >= 11 is 0. The average Bonchev–Trinajstić information content (AvgIpc) is 2.52. The van der Waals surface area contributed by atoms with Crippen molar-refractivity contribution in [3.8, 4) is 0 Å². The van der Waals surface area contributed by atoms with Gasteiger partial charge in [0.05, 0.1) is 5.92 Å². The van der Waals surface area contributed by atoms with Crippen molar-refractivity contribution in [1.29, 1.82) is 0 Å². The Labute approximate surface area is 65.7 Å². The van der Waals surface area contributed by atoms with E-state index in [-0.39, 0.29) is 18.5 Å². The summed E-state index contributed by atoms with van der Waals surface area (Å²) in [5.41, 5.74) is 0. The summed E-state index contributed by atoms with van der Waals surface area (Å²) in [6.45, 7) is -0.213. The van der Waals surface area contributed by atoms with Gasteiger partial charge in [-0.3, -0.25) is 9.59 Å². The monoisotopic (exact) mass is 155 g/mol. The highest BCUT2D eigenvalue weighted by Gasteiger charge is 2.23. The number of hydrogen-bond donors (Lipinski definition) is 0. The van der Waals surface area contributed by atoms with Gasteiger partial charge in [-0.1, -0.05) is 12.8 Å². The summed E-state index contributed by atoms with van der Waals surface area (Å²) in [5.74, 6) is -0.186. The molecule has 0 aromatic rings. The number of hydrogen-bond acceptors (Lipinski definition) is 3. The Kier molecular flexibility index (Phi) is 3.08. The van der Waals surface area contributed by atoms with Gasteiger partial charge in [-0.25, -0.2) is 0 Å². The van der Waals surface area contributed by atoms with Gasteiger partial charge in [-0.2, -0.15) is 0 Å². The Morgan fingerprint density at radius 3 is 2.64 bits per heavy atom. The molecule has 3 nitrogen and oxygen atoms in total. The minimum Gasteiger partial charge on any atom is -0.457 e. The highest BCUT2D eigenvalue weighted by Crippen LogP contribution is 2.25. The molecule has 0 aromatic carbocycles. The molecule has 0 spiro atoms. The van der Waals surface area contributed by atoms with Gasteiger partial charge in [0.25, 0.3) is 0 Å². The zero-order valence-electron chi connectivity index (χ0n) is 6.34. The molecule has 0 heterocycles. The van der Waals surface area contributed by atoms with Crippen molar-refractivity contribution >= 4 is 12.3 Å². The smallest absolute Gasteiger partial charge is 0.309 e. The molecule has 1 saturated carbocycles. The lowest BCUT2D eigenvalue weighted by atomic mass is 10.1. The van der Waals surface area contributed by atoms with Gasteiger partial charge in [-0.05, 0) is 12.8 Å². The van der Waals surface area contributed by atoms with E-state index in [9.17, 15) is 9.59 Å². The van der Waals surface area contributed by atoms with Crippen LogP contribution in [0.5, 0.6) is 0 Å². The zero-order valence-corrected chi connectivity index (χ0v) is 6.34. The predicted molar refractivity (Wildman–Crippen MR) is 38.6 cm³/mol. The topological polar surface area (TPSA) is 43.4 Å². The van der Waals surface area contributed by atoms with Crippen LogP contribution in [-0.2, 0) is 14.3 Å². The standard InChI is InChI=1S/C8H11O3/c9-5-6-11-8(10)7-3-1-2-4-7/h7H,1-4,6H2. The zero-order chi connectivity index (χ0) is 8.10. The Morgan fingerprint density at radius 2 is 2.09 bits per heavy atom. The quantitative estimate of drug-likeness (QED) is 0.567. The molecular weight excluding hydrogens is 144 g/mol. The third-order valence-corrected chi connectivity index (χ3v) is 1.96. The van der Waals surface area contributed by atoms with Gasteiger partial charge < -0.3 is 4.74 Å². The van der Waals surface area contributed by atoms with Crippen molar-refractivity contribution in [2.75, 3.05) is 6.61 Å². The molecule has 0 amide bonds. The van der Waals surface area contributed by atoms with Crippen molar-refractivity contribution < 1.29 is 14.3 Å². The molecule has 0 saturated heterocycles. The molecule has 61 valence electrons. The maximum atomic E-state index is 11.0. The van der Waals surface area contributed by atoms with Gasteiger partial charge >= 0.3 is 5.97 Å². The van der Waals surface area contributed by atoms with Gasteiger partial charge in [0.1, 0.15) is 0 Å². The van der Waals surface area contributed by atoms with Crippen LogP contribution < -0.4 is 0 Å². The molecule has 0 unspecified atom stereocenters. The van der Waals surface area contributed by atoms with Gasteiger partial charge in [-0.15, -0.1) is 0 Å². The third kappa shape index (κ3) is 2.33. The second-order valence-corrected chi connectivity index (χ2v) is 2.73. The molecule has 3 heteroatoms. The van der Waals surface area contributed by atoms with Crippen LogP contribution in [0, 0.1) is 5.92 Å². The van der Waals surface area contributed by atoms with E-state index in [4.69, 9.17) is 0 Å². The second kappa shape index (κ2) is 4.11. The predicted octanol–water partition coefficient (Wildman–Crippen LogP) is 0.829. The Balaban J connectivity index is 2.22. The molecule has 0 aromatic heterocycles. The summed E-state index contributed by atoms with van der Waals surface area (Å²) in [6.07, 6.45) is 5.56. The normalized spacial score (nSPS) is 18.2. The van der Waals surface area contributed by atoms with E-state index in [2.05, 4.69) is 4.74 Å². The summed E-state index contributed by atoms with van der Waals surface area (Å²) in [7, 11) is 0. The van der Waals surface area contributed by atoms with Crippen molar-refractivity contribution in [2.24, 2.45) is 5.92 Å². The molecule has 1 radical (unpaired) electrons. The Bertz CT molecular complexity index is 147.